The van der Waals surface area contributed by atoms with Crippen LogP contribution >= 0.6 is 23.7 Å². The van der Waals surface area contributed by atoms with Crippen molar-refractivity contribution in [2.24, 2.45) is 5.16 Å². The van der Waals surface area contributed by atoms with Crippen molar-refractivity contribution >= 4 is 29.5 Å². The van der Waals surface area contributed by atoms with E-state index in [1.807, 2.05) is 19.4 Å². The summed E-state index contributed by atoms with van der Waals surface area (Å²) >= 11 is 1.60. The van der Waals surface area contributed by atoms with Crippen LogP contribution in [-0.2, 0) is 4.84 Å². The molecule has 0 spiro atoms. The van der Waals surface area contributed by atoms with Gasteiger partial charge in [-0.1, -0.05) is 18.5 Å². The normalized spacial score (nSPS) is 11.0. The third-order valence-corrected chi connectivity index (χ3v) is 2.90. The van der Waals surface area contributed by atoms with Gasteiger partial charge in [0.15, 0.2) is 0 Å². The van der Waals surface area contributed by atoms with E-state index >= 15 is 0 Å². The lowest BCUT2D eigenvalue weighted by Crippen LogP contribution is -1.97. The molecule has 0 aliphatic carbocycles. The zero-order valence-corrected chi connectivity index (χ0v) is 11.0. The number of thiazole rings is 1. The molecular formula is C10H17ClN2OS. The van der Waals surface area contributed by atoms with Gasteiger partial charge in [0.1, 0.15) is 6.61 Å². The fourth-order valence-electron chi connectivity index (χ4n) is 1.04. The van der Waals surface area contributed by atoms with E-state index in [9.17, 15) is 0 Å². The zero-order chi connectivity index (χ0) is 10.4. The van der Waals surface area contributed by atoms with Crippen LogP contribution in [0.3, 0.4) is 0 Å². The first-order valence-electron chi connectivity index (χ1n) is 4.82. The van der Waals surface area contributed by atoms with E-state index in [4.69, 9.17) is 4.84 Å². The highest BCUT2D eigenvalue weighted by Gasteiger charge is 2.04. The summed E-state index contributed by atoms with van der Waals surface area (Å²) in [5.41, 5.74) is 3.77. The largest absolute Gasteiger partial charge is 0.396 e. The van der Waals surface area contributed by atoms with E-state index in [-0.39, 0.29) is 12.4 Å². The zero-order valence-electron chi connectivity index (χ0n) is 9.32. The predicted octanol–water partition coefficient (Wildman–Crippen LogP) is 3.41. The van der Waals surface area contributed by atoms with Crippen molar-refractivity contribution in [2.45, 2.75) is 33.6 Å². The molecule has 0 saturated carbocycles. The minimum Gasteiger partial charge on any atom is -0.396 e. The molecule has 86 valence electrons. The van der Waals surface area contributed by atoms with Crippen LogP contribution in [0.5, 0.6) is 0 Å². The van der Waals surface area contributed by atoms with Crippen LogP contribution in [-0.4, -0.2) is 17.3 Å². The second-order valence-electron chi connectivity index (χ2n) is 3.13. The molecule has 0 fully saturated rings. The number of oxime groups is 1. The molecule has 0 atom stereocenters. The lowest BCUT2D eigenvalue weighted by Gasteiger charge is -1.99. The van der Waals surface area contributed by atoms with E-state index in [1.165, 1.54) is 0 Å². The summed E-state index contributed by atoms with van der Waals surface area (Å²) in [6, 6.07) is 0. The monoisotopic (exact) mass is 248 g/mol. The Hall–Kier alpha value is -0.610. The highest BCUT2D eigenvalue weighted by molar-refractivity contribution is 7.12. The van der Waals surface area contributed by atoms with Crippen molar-refractivity contribution in [1.29, 1.82) is 0 Å². The SMILES string of the molecule is CCCCO/N=C(\C)c1scnc1C.Cl. The third-order valence-electron chi connectivity index (χ3n) is 1.86. The molecule has 0 aliphatic rings. The first kappa shape index (κ1) is 14.4. The van der Waals surface area contributed by atoms with Gasteiger partial charge in [-0.3, -0.25) is 0 Å². The Kier molecular flexibility index (Phi) is 7.34. The number of unbranched alkanes of at least 4 members (excludes halogenated alkanes) is 1. The summed E-state index contributed by atoms with van der Waals surface area (Å²) in [7, 11) is 0. The second-order valence-corrected chi connectivity index (χ2v) is 3.99. The molecule has 0 unspecified atom stereocenters. The standard InChI is InChI=1S/C10H16N2OS.ClH/c1-4-5-6-13-12-9(3)10-8(2)11-7-14-10;/h7H,4-6H2,1-3H3;1H/b12-9+;. The van der Waals surface area contributed by atoms with Gasteiger partial charge in [-0.15, -0.1) is 23.7 Å². The van der Waals surface area contributed by atoms with Crippen LogP contribution < -0.4 is 0 Å². The topological polar surface area (TPSA) is 34.5 Å². The molecule has 15 heavy (non-hydrogen) atoms. The van der Waals surface area contributed by atoms with Crippen molar-refractivity contribution in [3.05, 3.63) is 16.1 Å². The summed E-state index contributed by atoms with van der Waals surface area (Å²) < 4.78 is 0. The van der Waals surface area contributed by atoms with Crippen LogP contribution in [0.15, 0.2) is 10.7 Å². The van der Waals surface area contributed by atoms with Crippen LogP contribution in [0.25, 0.3) is 0 Å². The molecule has 0 saturated heterocycles. The molecule has 1 heterocycles. The number of hydrogen-bond donors (Lipinski definition) is 0. The summed E-state index contributed by atoms with van der Waals surface area (Å²) in [5, 5.41) is 4.05. The van der Waals surface area contributed by atoms with E-state index < -0.39 is 0 Å². The van der Waals surface area contributed by atoms with Crippen LogP contribution in [0.2, 0.25) is 0 Å². The predicted molar refractivity (Wildman–Crippen MR) is 67.2 cm³/mol. The molecular weight excluding hydrogens is 232 g/mol. The third kappa shape index (κ3) is 4.62. The van der Waals surface area contributed by atoms with Crippen molar-refractivity contribution in [3.63, 3.8) is 0 Å². The van der Waals surface area contributed by atoms with Gasteiger partial charge in [0.25, 0.3) is 0 Å². The molecule has 3 nitrogen and oxygen atoms in total. The number of halogens is 1. The molecule has 0 radical (unpaired) electrons. The average molecular weight is 249 g/mol. The molecule has 0 amide bonds. The number of aryl methyl sites for hydroxylation is 1. The highest BCUT2D eigenvalue weighted by Crippen LogP contribution is 2.13. The van der Waals surface area contributed by atoms with Gasteiger partial charge in [-0.05, 0) is 20.3 Å². The van der Waals surface area contributed by atoms with E-state index in [0.717, 1.165) is 29.1 Å². The molecule has 1 aromatic heterocycles. The number of aromatic nitrogens is 1. The fourth-order valence-corrected chi connectivity index (χ4v) is 1.79. The van der Waals surface area contributed by atoms with Crippen LogP contribution in [0, 0.1) is 6.92 Å². The minimum atomic E-state index is 0. The van der Waals surface area contributed by atoms with Gasteiger partial charge >= 0.3 is 0 Å². The van der Waals surface area contributed by atoms with E-state index in [0.29, 0.717) is 6.61 Å². The maximum atomic E-state index is 5.18. The highest BCUT2D eigenvalue weighted by atomic mass is 35.5. The number of rotatable bonds is 5. The Morgan fingerprint density at radius 1 is 1.60 bits per heavy atom. The molecule has 0 bridgehead atoms. The summed E-state index contributed by atoms with van der Waals surface area (Å²) in [5.74, 6) is 0. The van der Waals surface area contributed by atoms with E-state index in [2.05, 4.69) is 17.1 Å². The van der Waals surface area contributed by atoms with Gasteiger partial charge in [0, 0.05) is 0 Å². The van der Waals surface area contributed by atoms with Crippen molar-refractivity contribution in [2.75, 3.05) is 6.61 Å². The van der Waals surface area contributed by atoms with Gasteiger partial charge in [-0.25, -0.2) is 4.98 Å². The van der Waals surface area contributed by atoms with E-state index in [1.54, 1.807) is 11.3 Å². The maximum Gasteiger partial charge on any atom is 0.117 e. The van der Waals surface area contributed by atoms with Gasteiger partial charge in [0.2, 0.25) is 0 Å². The summed E-state index contributed by atoms with van der Waals surface area (Å²) in [6.07, 6.45) is 2.19. The number of nitrogens with zero attached hydrogens (tertiary/aromatic N) is 2. The number of hydrogen-bond acceptors (Lipinski definition) is 4. The van der Waals surface area contributed by atoms with Crippen LogP contribution in [0.1, 0.15) is 37.3 Å². The lowest BCUT2D eigenvalue weighted by atomic mass is 10.3. The average Bonchev–Trinajstić information content (AvgIpc) is 2.59. The van der Waals surface area contributed by atoms with Crippen molar-refractivity contribution < 1.29 is 4.84 Å². The Bertz CT molecular complexity index is 312. The Balaban J connectivity index is 0.00000196. The van der Waals surface area contributed by atoms with Crippen molar-refractivity contribution in [3.8, 4) is 0 Å². The fraction of sp³-hybridized carbons (Fsp3) is 0.600. The summed E-state index contributed by atoms with van der Waals surface area (Å²) in [6.45, 7) is 6.77. The Morgan fingerprint density at radius 2 is 2.33 bits per heavy atom. The van der Waals surface area contributed by atoms with Gasteiger partial charge in [-0.2, -0.15) is 0 Å². The van der Waals surface area contributed by atoms with Crippen LogP contribution in [0.4, 0.5) is 0 Å². The second kappa shape index (κ2) is 7.65. The Labute approximate surface area is 101 Å². The molecule has 1 aromatic rings. The quantitative estimate of drug-likeness (QED) is 0.455. The molecule has 0 N–H and O–H groups in total. The lowest BCUT2D eigenvalue weighted by molar-refractivity contribution is 0.141. The van der Waals surface area contributed by atoms with Gasteiger partial charge in [0.05, 0.1) is 21.8 Å². The summed E-state index contributed by atoms with van der Waals surface area (Å²) in [4.78, 5) is 10.5. The molecule has 0 aromatic carbocycles. The molecule has 5 heteroatoms. The Morgan fingerprint density at radius 3 is 2.87 bits per heavy atom. The van der Waals surface area contributed by atoms with Gasteiger partial charge < -0.3 is 4.84 Å². The maximum absolute atomic E-state index is 5.18. The first-order valence-corrected chi connectivity index (χ1v) is 5.70. The minimum absolute atomic E-state index is 0. The smallest absolute Gasteiger partial charge is 0.117 e. The first-order chi connectivity index (χ1) is 6.75. The molecule has 0 aliphatic heterocycles. The molecule has 1 rings (SSSR count). The van der Waals surface area contributed by atoms with Crippen molar-refractivity contribution in [1.82, 2.24) is 4.98 Å².